The Morgan fingerprint density at radius 3 is 2.40 bits per heavy atom. The van der Waals surface area contributed by atoms with E-state index in [1.165, 1.54) is 11.3 Å². The first kappa shape index (κ1) is 18.2. The van der Waals surface area contributed by atoms with Crippen molar-refractivity contribution in [1.29, 1.82) is 0 Å². The number of fused-ring (bicyclic) bond motifs is 1. The van der Waals surface area contributed by atoms with Crippen LogP contribution in [-0.2, 0) is 14.9 Å². The monoisotopic (exact) mass is 332 g/mol. The predicted molar refractivity (Wildman–Crippen MR) is 77.8 cm³/mol. The van der Waals surface area contributed by atoms with Crippen LogP contribution in [0.15, 0.2) is 10.8 Å². The van der Waals surface area contributed by atoms with E-state index < -0.39 is 10.1 Å². The number of ether oxygens (including phenoxy) is 3. The molecule has 0 aromatic carbocycles. The van der Waals surface area contributed by atoms with Crippen LogP contribution in [0, 0.1) is 0 Å². The minimum atomic E-state index is -3.87. The van der Waals surface area contributed by atoms with Gasteiger partial charge in [-0.2, -0.15) is 8.42 Å². The van der Waals surface area contributed by atoms with E-state index in [2.05, 4.69) is 0 Å². The van der Waals surface area contributed by atoms with Crippen LogP contribution < -0.4 is 9.47 Å². The van der Waals surface area contributed by atoms with Crippen molar-refractivity contribution in [3.63, 3.8) is 0 Å². The molecule has 0 aliphatic carbocycles. The Labute approximate surface area is 144 Å². The maximum absolute atomic E-state index is 10.5. The quantitative estimate of drug-likeness (QED) is 0.474. The van der Waals surface area contributed by atoms with Crippen molar-refractivity contribution in [2.24, 2.45) is 0 Å². The van der Waals surface area contributed by atoms with Gasteiger partial charge in [0.25, 0.3) is 10.1 Å². The van der Waals surface area contributed by atoms with Crippen molar-refractivity contribution in [1.82, 2.24) is 0 Å². The summed E-state index contributed by atoms with van der Waals surface area (Å²) in [5.41, 5.74) is 0. The predicted octanol–water partition coefficient (Wildman–Crippen LogP) is 0.924. The number of hydrogen-bond acceptors (Lipinski definition) is 6. The molecule has 1 aliphatic rings. The third-order valence-electron chi connectivity index (χ3n) is 2.59. The molecule has 0 radical (unpaired) electrons. The standard InChI is InChI=1S/C11H16O6S2.Na.H/c12-19(13,14)4-2-1-3-15-9-5-16-10-7-18-8-11(10)17-6-9;;/h7-9H,1-6H2,(H,12,13,14);;. The summed E-state index contributed by atoms with van der Waals surface area (Å²) in [6.45, 7) is 1.25. The van der Waals surface area contributed by atoms with Gasteiger partial charge in [-0.25, -0.2) is 0 Å². The Bertz CT molecular complexity index is 478. The summed E-state index contributed by atoms with van der Waals surface area (Å²) in [5.74, 6) is 1.25. The number of unbranched alkanes of at least 4 members (excludes halogenated alkanes) is 1. The van der Waals surface area contributed by atoms with Crippen molar-refractivity contribution in [2.45, 2.75) is 18.9 Å². The Kier molecular flexibility index (Phi) is 7.81. The van der Waals surface area contributed by atoms with Crippen molar-refractivity contribution in [3.05, 3.63) is 10.8 Å². The van der Waals surface area contributed by atoms with Crippen LogP contribution in [0.3, 0.4) is 0 Å². The molecule has 0 spiro atoms. The van der Waals surface area contributed by atoms with Crippen LogP contribution in [0.5, 0.6) is 11.5 Å². The molecule has 6 nitrogen and oxygen atoms in total. The van der Waals surface area contributed by atoms with Gasteiger partial charge in [0.15, 0.2) is 11.5 Å². The summed E-state index contributed by atoms with van der Waals surface area (Å²) in [4.78, 5) is 0. The number of hydrogen-bond donors (Lipinski definition) is 1. The number of rotatable bonds is 6. The molecule has 0 saturated heterocycles. The third kappa shape index (κ3) is 6.30. The van der Waals surface area contributed by atoms with Gasteiger partial charge in [-0.1, -0.05) is 0 Å². The Morgan fingerprint density at radius 1 is 1.25 bits per heavy atom. The van der Waals surface area contributed by atoms with E-state index in [1.54, 1.807) is 0 Å². The van der Waals surface area contributed by atoms with Crippen molar-refractivity contribution in [3.8, 4) is 11.5 Å². The summed E-state index contributed by atoms with van der Waals surface area (Å²) in [6.07, 6.45) is 0.778. The molecular weight excluding hydrogens is 315 g/mol. The van der Waals surface area contributed by atoms with E-state index in [4.69, 9.17) is 18.8 Å². The Balaban J connectivity index is 0.00000200. The molecule has 0 atom stereocenters. The summed E-state index contributed by atoms with van der Waals surface area (Å²) in [5, 5.41) is 3.76. The molecule has 0 unspecified atom stereocenters. The van der Waals surface area contributed by atoms with Gasteiger partial charge in [-0.15, -0.1) is 11.3 Å². The molecule has 20 heavy (non-hydrogen) atoms. The summed E-state index contributed by atoms with van der Waals surface area (Å²) >= 11 is 1.52. The molecule has 0 amide bonds. The fourth-order valence-electron chi connectivity index (χ4n) is 1.63. The fraction of sp³-hybridized carbons (Fsp3) is 0.636. The van der Waals surface area contributed by atoms with Gasteiger partial charge in [0.05, 0.1) is 5.75 Å². The van der Waals surface area contributed by atoms with E-state index in [1.807, 2.05) is 10.8 Å². The van der Waals surface area contributed by atoms with Crippen LogP contribution in [0.1, 0.15) is 12.8 Å². The summed E-state index contributed by atoms with van der Waals surface area (Å²) in [7, 11) is -3.87. The first-order valence-corrected chi connectivity index (χ1v) is 8.48. The van der Waals surface area contributed by atoms with E-state index in [-0.39, 0.29) is 41.4 Å². The second kappa shape index (κ2) is 8.57. The summed E-state index contributed by atoms with van der Waals surface area (Å²) in [6, 6.07) is 0. The molecule has 0 bridgehead atoms. The SMILES string of the molecule is O=S(=O)(O)CCCCOC1COc2cscc2OC1.[NaH]. The van der Waals surface area contributed by atoms with E-state index in [0.717, 1.165) is 11.5 Å². The van der Waals surface area contributed by atoms with Gasteiger partial charge in [-0.3, -0.25) is 4.55 Å². The molecular formula is C11H17NaO6S2. The van der Waals surface area contributed by atoms with Crippen LogP contribution in [0.4, 0.5) is 0 Å². The number of thiophene rings is 1. The van der Waals surface area contributed by atoms with Crippen LogP contribution in [0.25, 0.3) is 0 Å². The van der Waals surface area contributed by atoms with Gasteiger partial charge in [0, 0.05) is 17.4 Å². The Hall–Kier alpha value is 0.170. The maximum atomic E-state index is 10.5. The topological polar surface area (TPSA) is 82.1 Å². The van der Waals surface area contributed by atoms with Gasteiger partial charge in [-0.05, 0) is 12.8 Å². The average Bonchev–Trinajstić information content (AvgIpc) is 2.69. The zero-order chi connectivity index (χ0) is 13.7. The zero-order valence-electron chi connectivity index (χ0n) is 10.3. The molecule has 1 aromatic heterocycles. The normalized spacial score (nSPS) is 15.4. The second-order valence-corrected chi connectivity index (χ2v) is 6.52. The molecule has 0 saturated carbocycles. The van der Waals surface area contributed by atoms with Crippen molar-refractivity contribution < 1.29 is 27.2 Å². The van der Waals surface area contributed by atoms with Gasteiger partial charge >= 0.3 is 29.6 Å². The second-order valence-electron chi connectivity index (χ2n) is 4.21. The molecule has 1 N–H and O–H groups in total. The minimum absolute atomic E-state index is 0. The molecule has 1 aliphatic heterocycles. The molecule has 1 aromatic rings. The molecule has 9 heteroatoms. The molecule has 2 heterocycles. The first-order chi connectivity index (χ1) is 9.04. The molecule has 0 fully saturated rings. The van der Waals surface area contributed by atoms with Crippen LogP contribution in [0.2, 0.25) is 0 Å². The Morgan fingerprint density at radius 2 is 1.85 bits per heavy atom. The fourth-order valence-corrected chi connectivity index (χ4v) is 2.88. The van der Waals surface area contributed by atoms with Crippen molar-refractivity contribution in [2.75, 3.05) is 25.6 Å². The average molecular weight is 332 g/mol. The van der Waals surface area contributed by atoms with E-state index in [9.17, 15) is 8.42 Å². The third-order valence-corrected chi connectivity index (χ3v) is 4.10. The van der Waals surface area contributed by atoms with Crippen LogP contribution in [-0.4, -0.2) is 74.2 Å². The van der Waals surface area contributed by atoms with E-state index >= 15 is 0 Å². The molecule has 110 valence electrons. The van der Waals surface area contributed by atoms with Crippen molar-refractivity contribution >= 4 is 51.0 Å². The van der Waals surface area contributed by atoms with Gasteiger partial charge < -0.3 is 14.2 Å². The zero-order valence-corrected chi connectivity index (χ0v) is 11.9. The van der Waals surface area contributed by atoms with Gasteiger partial charge in [0.2, 0.25) is 0 Å². The first-order valence-electron chi connectivity index (χ1n) is 5.93. The van der Waals surface area contributed by atoms with Gasteiger partial charge in [0.1, 0.15) is 19.3 Å². The molecule has 2 rings (SSSR count). The van der Waals surface area contributed by atoms with E-state index in [0.29, 0.717) is 32.7 Å². The summed E-state index contributed by atoms with van der Waals surface area (Å²) < 4.78 is 46.2. The van der Waals surface area contributed by atoms with Crippen LogP contribution >= 0.6 is 11.3 Å².